The normalized spacial score (nSPS) is 27.3. The molecule has 6 nitrogen and oxygen atoms in total. The highest BCUT2D eigenvalue weighted by Crippen LogP contribution is 2.41. The minimum Gasteiger partial charge on any atom is -0.381 e. The summed E-state index contributed by atoms with van der Waals surface area (Å²) in [5, 5.41) is 0.878. The molecule has 1 unspecified atom stereocenters. The Labute approximate surface area is 196 Å². The van der Waals surface area contributed by atoms with Gasteiger partial charge >= 0.3 is 0 Å². The maximum absolute atomic E-state index is 14.7. The monoisotopic (exact) mass is 464 g/mol. The van der Waals surface area contributed by atoms with Crippen molar-refractivity contribution in [2.24, 2.45) is 11.8 Å². The first-order valence-corrected chi connectivity index (χ1v) is 12.3. The van der Waals surface area contributed by atoms with Crippen molar-refractivity contribution in [3.8, 4) is 5.69 Å². The summed E-state index contributed by atoms with van der Waals surface area (Å²) in [7, 11) is 0. The minimum absolute atomic E-state index is 0.189. The number of benzene rings is 1. The molecule has 2 aliphatic carbocycles. The van der Waals surface area contributed by atoms with Crippen LogP contribution in [0.15, 0.2) is 24.5 Å². The summed E-state index contributed by atoms with van der Waals surface area (Å²) in [6.45, 7) is 3.76. The van der Waals surface area contributed by atoms with E-state index in [0.29, 0.717) is 29.3 Å². The zero-order chi connectivity index (χ0) is 22.3. The van der Waals surface area contributed by atoms with Crippen molar-refractivity contribution in [1.29, 1.82) is 0 Å². The Bertz CT molecular complexity index is 1290. The van der Waals surface area contributed by atoms with Crippen LogP contribution in [-0.2, 0) is 11.2 Å². The topological polar surface area (TPSA) is 71.1 Å². The number of nitrogens with two attached hydrogens (primary N) is 1. The number of aromatic amines is 1. The minimum atomic E-state index is -0.266. The van der Waals surface area contributed by atoms with Crippen LogP contribution < -0.4 is 10.3 Å². The van der Waals surface area contributed by atoms with Gasteiger partial charge in [-0.2, -0.15) is 0 Å². The molecule has 3 aromatic rings. The number of aromatic nitrogens is 3. The highest BCUT2D eigenvalue weighted by atomic mass is 32.1. The second-order valence-electron chi connectivity index (χ2n) is 10.2. The molecule has 1 saturated carbocycles. The van der Waals surface area contributed by atoms with E-state index in [4.69, 9.17) is 22.7 Å². The van der Waals surface area contributed by atoms with Crippen molar-refractivity contribution in [2.45, 2.75) is 37.6 Å². The summed E-state index contributed by atoms with van der Waals surface area (Å²) < 4.78 is 22.2. The van der Waals surface area contributed by atoms with Gasteiger partial charge in [0.2, 0.25) is 17.8 Å². The van der Waals surface area contributed by atoms with Crippen LogP contribution in [-0.4, -0.2) is 52.1 Å². The molecule has 0 amide bonds. The molecule has 4 aliphatic rings. The van der Waals surface area contributed by atoms with Gasteiger partial charge in [-0.25, -0.2) is 8.96 Å². The Morgan fingerprint density at radius 2 is 1.94 bits per heavy atom. The number of likely N-dealkylation sites (tertiary alicyclic amines) is 1. The Morgan fingerprint density at radius 3 is 2.70 bits per heavy atom. The van der Waals surface area contributed by atoms with E-state index in [9.17, 15) is 4.39 Å². The molecular formula is C25H27FN5OS+. The predicted molar refractivity (Wildman–Crippen MR) is 127 cm³/mol. The molecule has 0 radical (unpaired) electrons. The zero-order valence-corrected chi connectivity index (χ0v) is 19.2. The SMILES string of the molecule is Nc1c2cc(C3CC3)[nH]c2nc[n+]1-c1cc(F)cc2c1C(=S)[C@@H](N1CC3COC[C@H]3C1)CC2. The first-order valence-electron chi connectivity index (χ1n) is 11.9. The number of hydrogen-bond donors (Lipinski definition) is 2. The number of nitrogen functional groups attached to an aromatic ring is 1. The van der Waals surface area contributed by atoms with Gasteiger partial charge < -0.3 is 15.5 Å². The first-order chi connectivity index (χ1) is 16.1. The Balaban J connectivity index is 1.31. The summed E-state index contributed by atoms with van der Waals surface area (Å²) in [6, 6.07) is 5.48. The average molecular weight is 465 g/mol. The Kier molecular flexibility index (Phi) is 4.42. The number of fused-ring (bicyclic) bond motifs is 3. The number of nitrogens with one attached hydrogen (secondary N) is 1. The number of nitrogens with zero attached hydrogens (tertiary/aromatic N) is 3. The standard InChI is InChI=1S/C25H26FN5OS/c26-17-5-14-3-4-20(30-8-15-10-32-11-16(15)9-30)23(33)22(14)21(6-17)31-12-28-25-18(24(31)27)7-19(29-25)13-1-2-13/h5-7,12-13,15-16,20H,1-4,8-11H2,(H2,27,29)/p+1/t15-,16?,20+/m1/s1. The van der Waals surface area contributed by atoms with Crippen molar-refractivity contribution >= 4 is 33.9 Å². The molecule has 7 rings (SSSR count). The van der Waals surface area contributed by atoms with Gasteiger partial charge in [0, 0.05) is 53.2 Å². The van der Waals surface area contributed by atoms with Gasteiger partial charge in [-0.15, -0.1) is 0 Å². The number of halogens is 1. The van der Waals surface area contributed by atoms with E-state index in [0.717, 1.165) is 66.2 Å². The third kappa shape index (κ3) is 3.15. The van der Waals surface area contributed by atoms with Crippen molar-refractivity contribution < 1.29 is 13.7 Å². The third-order valence-electron chi connectivity index (χ3n) is 8.04. The number of thiocarbonyl (C=S) groups is 1. The lowest BCUT2D eigenvalue weighted by Crippen LogP contribution is -2.45. The smallest absolute Gasteiger partial charge is 0.236 e. The summed E-state index contributed by atoms with van der Waals surface area (Å²) in [4.78, 5) is 11.4. The van der Waals surface area contributed by atoms with Crippen LogP contribution in [0.5, 0.6) is 0 Å². The van der Waals surface area contributed by atoms with Crippen LogP contribution in [0.4, 0.5) is 10.2 Å². The second-order valence-corrected chi connectivity index (χ2v) is 10.6. The van der Waals surface area contributed by atoms with Crippen LogP contribution in [0.2, 0.25) is 0 Å². The fourth-order valence-electron chi connectivity index (χ4n) is 6.11. The second kappa shape index (κ2) is 7.29. The predicted octanol–water partition coefficient (Wildman–Crippen LogP) is 3.05. The highest BCUT2D eigenvalue weighted by molar-refractivity contribution is 7.81. The molecule has 0 spiro atoms. The number of rotatable bonds is 3. The van der Waals surface area contributed by atoms with Crippen molar-refractivity contribution in [3.05, 3.63) is 47.2 Å². The van der Waals surface area contributed by atoms with E-state index in [1.165, 1.54) is 18.5 Å². The van der Waals surface area contributed by atoms with E-state index in [1.54, 1.807) is 18.5 Å². The van der Waals surface area contributed by atoms with E-state index >= 15 is 0 Å². The summed E-state index contributed by atoms with van der Waals surface area (Å²) >= 11 is 6.09. The number of H-pyrrole nitrogens is 1. The maximum Gasteiger partial charge on any atom is 0.236 e. The number of ether oxygens (including phenoxy) is 1. The van der Waals surface area contributed by atoms with Gasteiger partial charge in [-0.1, -0.05) is 17.2 Å². The van der Waals surface area contributed by atoms with Gasteiger partial charge in [0.25, 0.3) is 0 Å². The van der Waals surface area contributed by atoms with Crippen molar-refractivity contribution in [3.63, 3.8) is 0 Å². The molecule has 2 aliphatic heterocycles. The zero-order valence-electron chi connectivity index (χ0n) is 18.4. The molecule has 3 atom stereocenters. The molecule has 2 saturated heterocycles. The molecule has 2 aromatic heterocycles. The third-order valence-corrected chi connectivity index (χ3v) is 8.52. The molecule has 3 fully saturated rings. The van der Waals surface area contributed by atoms with E-state index in [2.05, 4.69) is 20.9 Å². The fraction of sp³-hybridized carbons (Fsp3) is 0.480. The van der Waals surface area contributed by atoms with Crippen molar-refractivity contribution in [1.82, 2.24) is 14.9 Å². The molecular weight excluding hydrogens is 437 g/mol. The Hall–Kier alpha value is -2.42. The largest absolute Gasteiger partial charge is 0.381 e. The molecule has 4 heterocycles. The average Bonchev–Trinajstić information content (AvgIpc) is 3.20. The van der Waals surface area contributed by atoms with Crippen LogP contribution in [0.1, 0.15) is 42.0 Å². The maximum atomic E-state index is 14.7. The van der Waals surface area contributed by atoms with Gasteiger partial charge in [0.1, 0.15) is 16.9 Å². The molecule has 33 heavy (non-hydrogen) atoms. The number of hydrogen-bond acceptors (Lipinski definition) is 5. The lowest BCUT2D eigenvalue weighted by Gasteiger charge is -2.34. The van der Waals surface area contributed by atoms with Crippen molar-refractivity contribution in [2.75, 3.05) is 32.0 Å². The van der Waals surface area contributed by atoms with E-state index < -0.39 is 0 Å². The van der Waals surface area contributed by atoms with Crippen LogP contribution in [0, 0.1) is 17.7 Å². The van der Waals surface area contributed by atoms with Gasteiger partial charge in [0.05, 0.1) is 13.2 Å². The lowest BCUT2D eigenvalue weighted by molar-refractivity contribution is -0.582. The Morgan fingerprint density at radius 1 is 1.15 bits per heavy atom. The molecule has 8 heteroatoms. The number of aryl methyl sites for hydroxylation is 1. The first kappa shape index (κ1) is 20.0. The van der Waals surface area contributed by atoms with Gasteiger partial charge in [-0.05, 0) is 49.3 Å². The van der Waals surface area contributed by atoms with Crippen LogP contribution >= 0.6 is 12.2 Å². The highest BCUT2D eigenvalue weighted by Gasteiger charge is 2.42. The quantitative estimate of drug-likeness (QED) is 0.461. The number of anilines is 1. The summed E-state index contributed by atoms with van der Waals surface area (Å²) in [5.41, 5.74) is 11.2. The van der Waals surface area contributed by atoms with Gasteiger partial charge in [0.15, 0.2) is 0 Å². The summed E-state index contributed by atoms with van der Waals surface area (Å²) in [6.07, 6.45) is 5.83. The molecule has 170 valence electrons. The fourth-order valence-corrected chi connectivity index (χ4v) is 6.61. The lowest BCUT2D eigenvalue weighted by atomic mass is 9.85. The molecule has 3 N–H and O–H groups in total. The molecule has 0 bridgehead atoms. The summed E-state index contributed by atoms with van der Waals surface area (Å²) in [5.74, 6) is 2.08. The van der Waals surface area contributed by atoms with Gasteiger partial charge in [-0.3, -0.25) is 4.90 Å². The van der Waals surface area contributed by atoms with E-state index in [1.807, 2.05) is 4.57 Å². The van der Waals surface area contributed by atoms with E-state index in [-0.39, 0.29) is 11.9 Å². The van der Waals surface area contributed by atoms with Crippen LogP contribution in [0.25, 0.3) is 16.7 Å². The molecule has 1 aromatic carbocycles. The van der Waals surface area contributed by atoms with Crippen LogP contribution in [0.3, 0.4) is 0 Å².